The minimum Gasteiger partial charge on any atom is -0.368 e. The minimum absolute atomic E-state index is 0.113. The maximum Gasteiger partial charge on any atom is 0.233 e. The number of benzene rings is 1. The molecule has 1 saturated heterocycles. The molecule has 0 unspecified atom stereocenters. The Hall–Kier alpha value is -2.16. The highest BCUT2D eigenvalue weighted by molar-refractivity contribution is 7.99. The van der Waals surface area contributed by atoms with E-state index in [-0.39, 0.29) is 11.7 Å². The summed E-state index contributed by atoms with van der Waals surface area (Å²) in [6.45, 7) is 2.85. The van der Waals surface area contributed by atoms with Crippen molar-refractivity contribution < 1.29 is 9.18 Å². The summed E-state index contributed by atoms with van der Waals surface area (Å²) < 4.78 is 15.0. The van der Waals surface area contributed by atoms with Gasteiger partial charge in [0.25, 0.3) is 0 Å². The number of hydrogen-bond acceptors (Lipinski definition) is 6. The van der Waals surface area contributed by atoms with Crippen LogP contribution in [-0.4, -0.2) is 62.9 Å². The molecule has 0 bridgehead atoms. The molecule has 1 saturated carbocycles. The molecule has 0 radical (unpaired) electrons. The van der Waals surface area contributed by atoms with E-state index in [1.54, 1.807) is 12.1 Å². The van der Waals surface area contributed by atoms with Crippen LogP contribution < -0.4 is 4.90 Å². The first-order chi connectivity index (χ1) is 13.7. The van der Waals surface area contributed by atoms with Gasteiger partial charge in [-0.05, 0) is 47.5 Å². The predicted octanol–water partition coefficient (Wildman–Crippen LogP) is 2.76. The van der Waals surface area contributed by atoms with Crippen molar-refractivity contribution in [3.8, 4) is 0 Å². The second-order valence-electron chi connectivity index (χ2n) is 7.33. The number of rotatable bonds is 5. The molecule has 1 aliphatic heterocycles. The summed E-state index contributed by atoms with van der Waals surface area (Å²) in [5.74, 6) is 0.232. The first-order valence-electron chi connectivity index (χ1n) is 9.89. The zero-order valence-electron chi connectivity index (χ0n) is 15.8. The average molecular weight is 405 g/mol. The lowest BCUT2D eigenvalue weighted by atomic mass is 9.96. The summed E-state index contributed by atoms with van der Waals surface area (Å²) >= 11 is 1.43. The molecule has 0 N–H and O–H groups in total. The number of halogens is 1. The van der Waals surface area contributed by atoms with Gasteiger partial charge in [0.1, 0.15) is 5.82 Å². The fourth-order valence-electron chi connectivity index (χ4n) is 3.92. The third-order valence-electron chi connectivity index (χ3n) is 5.53. The molecule has 2 aliphatic rings. The van der Waals surface area contributed by atoms with Gasteiger partial charge in [-0.25, -0.2) is 9.07 Å². The fraction of sp³-hybridized carbons (Fsp3) is 0.579. The van der Waals surface area contributed by atoms with Crippen molar-refractivity contribution in [2.75, 3.05) is 36.8 Å². The Morgan fingerprint density at radius 3 is 2.50 bits per heavy atom. The van der Waals surface area contributed by atoms with Crippen LogP contribution in [0, 0.1) is 5.82 Å². The van der Waals surface area contributed by atoms with Gasteiger partial charge in [-0.1, -0.05) is 31.0 Å². The summed E-state index contributed by atoms with van der Waals surface area (Å²) in [5.41, 5.74) is 0.995. The van der Waals surface area contributed by atoms with Gasteiger partial charge in [-0.15, -0.1) is 5.10 Å². The molecule has 7 nitrogen and oxygen atoms in total. The molecule has 2 aromatic rings. The Morgan fingerprint density at radius 2 is 1.79 bits per heavy atom. The van der Waals surface area contributed by atoms with Crippen molar-refractivity contribution in [2.45, 2.75) is 43.3 Å². The van der Waals surface area contributed by atoms with Crippen LogP contribution in [0.3, 0.4) is 0 Å². The number of amides is 1. The molecule has 2 heterocycles. The van der Waals surface area contributed by atoms with Crippen LogP contribution >= 0.6 is 11.8 Å². The first-order valence-corrected chi connectivity index (χ1v) is 10.9. The van der Waals surface area contributed by atoms with Gasteiger partial charge in [0.2, 0.25) is 11.1 Å². The molecular formula is C19H25FN6OS. The minimum atomic E-state index is -0.231. The second kappa shape index (κ2) is 8.89. The summed E-state index contributed by atoms with van der Waals surface area (Å²) in [6, 6.07) is 6.88. The van der Waals surface area contributed by atoms with E-state index < -0.39 is 0 Å². The molecular weight excluding hydrogens is 379 g/mol. The third-order valence-corrected chi connectivity index (χ3v) is 6.45. The molecule has 9 heteroatoms. The van der Waals surface area contributed by atoms with E-state index in [0.717, 1.165) is 36.8 Å². The number of carbonyl (C=O) groups is 1. The number of hydrogen-bond donors (Lipinski definition) is 0. The quantitative estimate of drug-likeness (QED) is 0.714. The van der Waals surface area contributed by atoms with E-state index in [9.17, 15) is 9.18 Å². The van der Waals surface area contributed by atoms with E-state index in [4.69, 9.17) is 0 Å². The monoisotopic (exact) mass is 404 g/mol. The smallest absolute Gasteiger partial charge is 0.233 e. The molecule has 0 spiro atoms. The van der Waals surface area contributed by atoms with E-state index >= 15 is 0 Å². The summed E-state index contributed by atoms with van der Waals surface area (Å²) in [6.07, 6.45) is 5.93. The van der Waals surface area contributed by atoms with Gasteiger partial charge in [0.15, 0.2) is 0 Å². The standard InChI is InChI=1S/C19H25FN6OS/c20-15-6-8-16(9-7-15)24-10-12-25(13-11-24)18(27)14-28-19-21-22-23-26(19)17-4-2-1-3-5-17/h6-9,17H,1-5,10-14H2. The maximum absolute atomic E-state index is 13.1. The van der Waals surface area contributed by atoms with Crippen LogP contribution in [0.25, 0.3) is 0 Å². The van der Waals surface area contributed by atoms with Crippen LogP contribution in [0.15, 0.2) is 29.4 Å². The van der Waals surface area contributed by atoms with Crippen molar-refractivity contribution in [1.82, 2.24) is 25.1 Å². The summed E-state index contributed by atoms with van der Waals surface area (Å²) in [4.78, 5) is 16.7. The zero-order valence-corrected chi connectivity index (χ0v) is 16.7. The lowest BCUT2D eigenvalue weighted by Crippen LogP contribution is -2.49. The van der Waals surface area contributed by atoms with E-state index in [0.29, 0.717) is 24.9 Å². The molecule has 1 aromatic heterocycles. The van der Waals surface area contributed by atoms with E-state index in [1.807, 2.05) is 9.58 Å². The van der Waals surface area contributed by atoms with Gasteiger partial charge in [-0.2, -0.15) is 0 Å². The van der Waals surface area contributed by atoms with Gasteiger partial charge < -0.3 is 9.80 Å². The molecule has 1 aliphatic carbocycles. The van der Waals surface area contributed by atoms with Crippen LogP contribution in [0.2, 0.25) is 0 Å². The summed E-state index contributed by atoms with van der Waals surface area (Å²) in [5, 5.41) is 12.8. The summed E-state index contributed by atoms with van der Waals surface area (Å²) in [7, 11) is 0. The third kappa shape index (κ3) is 4.45. The molecule has 0 atom stereocenters. The molecule has 150 valence electrons. The van der Waals surface area contributed by atoms with Gasteiger partial charge in [0, 0.05) is 31.9 Å². The van der Waals surface area contributed by atoms with Crippen molar-refractivity contribution in [3.63, 3.8) is 0 Å². The van der Waals surface area contributed by atoms with Crippen molar-refractivity contribution in [2.24, 2.45) is 0 Å². The number of anilines is 1. The molecule has 1 aromatic carbocycles. The fourth-order valence-corrected chi connectivity index (χ4v) is 4.77. The Morgan fingerprint density at radius 1 is 1.07 bits per heavy atom. The lowest BCUT2D eigenvalue weighted by molar-refractivity contribution is -0.128. The number of thioether (sulfide) groups is 1. The van der Waals surface area contributed by atoms with Crippen LogP contribution in [0.5, 0.6) is 0 Å². The Balaban J connectivity index is 1.27. The van der Waals surface area contributed by atoms with Crippen LogP contribution in [-0.2, 0) is 4.79 Å². The lowest BCUT2D eigenvalue weighted by Gasteiger charge is -2.36. The molecule has 4 rings (SSSR count). The van der Waals surface area contributed by atoms with E-state index in [2.05, 4.69) is 20.4 Å². The Kier molecular flexibility index (Phi) is 6.09. The van der Waals surface area contributed by atoms with Crippen molar-refractivity contribution in [1.29, 1.82) is 0 Å². The Bertz CT molecular complexity index is 784. The number of aromatic nitrogens is 4. The predicted molar refractivity (Wildman–Crippen MR) is 106 cm³/mol. The van der Waals surface area contributed by atoms with Gasteiger partial charge >= 0.3 is 0 Å². The van der Waals surface area contributed by atoms with Crippen LogP contribution in [0.4, 0.5) is 10.1 Å². The van der Waals surface area contributed by atoms with E-state index in [1.165, 1.54) is 43.2 Å². The second-order valence-corrected chi connectivity index (χ2v) is 8.27. The highest BCUT2D eigenvalue weighted by Gasteiger charge is 2.24. The topological polar surface area (TPSA) is 67.2 Å². The van der Waals surface area contributed by atoms with Gasteiger partial charge in [-0.3, -0.25) is 4.79 Å². The van der Waals surface area contributed by atoms with Gasteiger partial charge in [0.05, 0.1) is 11.8 Å². The largest absolute Gasteiger partial charge is 0.368 e. The van der Waals surface area contributed by atoms with Crippen molar-refractivity contribution in [3.05, 3.63) is 30.1 Å². The molecule has 1 amide bonds. The first kappa shape index (κ1) is 19.2. The highest BCUT2D eigenvalue weighted by atomic mass is 32.2. The molecule has 28 heavy (non-hydrogen) atoms. The number of piperazine rings is 1. The zero-order chi connectivity index (χ0) is 19.3. The number of carbonyl (C=O) groups excluding carboxylic acids is 1. The Labute approximate surface area is 168 Å². The van der Waals surface area contributed by atoms with Crippen molar-refractivity contribution >= 4 is 23.4 Å². The van der Waals surface area contributed by atoms with Crippen LogP contribution in [0.1, 0.15) is 38.1 Å². The SMILES string of the molecule is O=C(CSc1nnnn1C1CCCCC1)N1CCN(c2ccc(F)cc2)CC1. The number of nitrogens with zero attached hydrogens (tertiary/aromatic N) is 6. The highest BCUT2D eigenvalue weighted by Crippen LogP contribution is 2.30. The normalized spacial score (nSPS) is 18.5. The maximum atomic E-state index is 13.1. The molecule has 2 fully saturated rings. The average Bonchev–Trinajstić information content (AvgIpc) is 3.22. The number of tetrazole rings is 1.